The molecule has 4 fully saturated rings. The molecule has 0 radical (unpaired) electrons. The molecule has 4 aromatic rings. The van der Waals surface area contributed by atoms with Crippen molar-refractivity contribution in [3.8, 4) is 23.5 Å². The summed E-state index contributed by atoms with van der Waals surface area (Å²) >= 11 is 4.17. The van der Waals surface area contributed by atoms with E-state index < -0.39 is 96.6 Å². The molecule has 0 saturated carbocycles. The van der Waals surface area contributed by atoms with Crippen LogP contribution in [0.25, 0.3) is 0 Å². The number of carbonyl (C=O) groups excluding carboxylic acids is 12. The van der Waals surface area contributed by atoms with Crippen molar-refractivity contribution in [1.29, 1.82) is 0 Å². The molecule has 8 atom stereocenters. The fraction of sp³-hybridized carbons (Fsp3) is 0.667. The van der Waals surface area contributed by atoms with E-state index >= 15 is 0 Å². The number of hydrogen-bond acceptors (Lipinski definition) is 48. The number of nitrogens with zero attached hydrogens (tertiary/aromatic N) is 12. The van der Waals surface area contributed by atoms with Crippen LogP contribution >= 0.6 is 46.9 Å². The van der Waals surface area contributed by atoms with Crippen LogP contribution in [0.4, 0.5) is 23.3 Å². The fourth-order valence-electron chi connectivity index (χ4n) is 10.4. The van der Waals surface area contributed by atoms with Gasteiger partial charge >= 0.3 is 47.8 Å². The number of hydrogen-bond donors (Lipinski definition) is 4. The van der Waals surface area contributed by atoms with E-state index in [1.54, 1.807) is 0 Å². The molecule has 44 nitrogen and oxygen atoms in total. The zero-order valence-corrected chi connectivity index (χ0v) is 81.9. The second kappa shape index (κ2) is 57.3. The van der Waals surface area contributed by atoms with Gasteiger partial charge in [0, 0.05) is 149 Å². The summed E-state index contributed by atoms with van der Waals surface area (Å²) in [7, 11) is 0. The van der Waals surface area contributed by atoms with Gasteiger partial charge < -0.3 is 117 Å². The summed E-state index contributed by atoms with van der Waals surface area (Å²) in [5.41, 5.74) is -0.856. The van der Waals surface area contributed by atoms with E-state index in [0.717, 1.165) is 95.5 Å². The third kappa shape index (κ3) is 46.9. The van der Waals surface area contributed by atoms with Crippen LogP contribution in [-0.4, -0.2) is 335 Å². The van der Waals surface area contributed by atoms with E-state index in [2.05, 4.69) is 56.3 Å². The standard InChI is InChI=1S/4C21H32N4O7S/c4*1-14(26)15(2)31-17(27)6-7-18(28)32-16(12-22-21(3,4)5)13-30-20-19(23-33-24-20)25-8-10-29-11-9-25/h4*6-7,15-16,22H,8-13H2,1-5H3/b2*7-6+;2*7-6-/t4*15?,16-/m0000/s1. The maximum Gasteiger partial charge on any atom is 0.331 e. The number of rotatable bonds is 44. The average molecular weight is 1940 g/mol. The molecular formula is C84H128N16O28S4. The molecule has 0 aromatic carbocycles. The predicted molar refractivity (Wildman–Crippen MR) is 486 cm³/mol. The summed E-state index contributed by atoms with van der Waals surface area (Å²) in [6, 6.07) is 0. The molecule has 48 heteroatoms. The van der Waals surface area contributed by atoms with Crippen molar-refractivity contribution in [1.82, 2.24) is 56.3 Å². The first-order valence-corrected chi connectivity index (χ1v) is 45.6. The summed E-state index contributed by atoms with van der Waals surface area (Å²) in [4.78, 5) is 149. The highest BCUT2D eigenvalue weighted by atomic mass is 32.1. The van der Waals surface area contributed by atoms with Gasteiger partial charge in [0.1, 0.15) is 50.8 Å². The van der Waals surface area contributed by atoms with Crippen molar-refractivity contribution in [3.63, 3.8) is 0 Å². The van der Waals surface area contributed by atoms with Gasteiger partial charge in [-0.3, -0.25) is 19.2 Å². The first kappa shape index (κ1) is 112. The Morgan fingerprint density at radius 1 is 0.288 bits per heavy atom. The highest BCUT2D eigenvalue weighted by Crippen LogP contribution is 2.31. The minimum absolute atomic E-state index is 0.0389. The Morgan fingerprint density at radius 2 is 0.447 bits per heavy atom. The fourth-order valence-corrected chi connectivity index (χ4v) is 12.5. The van der Waals surface area contributed by atoms with Crippen molar-refractivity contribution in [2.45, 2.75) is 209 Å². The molecular weight excluding hydrogens is 1810 g/mol. The molecule has 0 bridgehead atoms. The maximum absolute atomic E-state index is 12.3. The van der Waals surface area contributed by atoms with Gasteiger partial charge in [-0.05, 0) is 138 Å². The van der Waals surface area contributed by atoms with E-state index in [1.165, 1.54) is 55.4 Å². The Bertz CT molecular complexity index is 3870. The van der Waals surface area contributed by atoms with Crippen LogP contribution in [0, 0.1) is 0 Å². The highest BCUT2D eigenvalue weighted by molar-refractivity contribution is 7.00. The zero-order valence-electron chi connectivity index (χ0n) is 78.6. The number of ketones is 4. The Labute approximate surface area is 785 Å². The average Bonchev–Trinajstić information content (AvgIpc) is 1.71. The molecule has 0 aliphatic carbocycles. The van der Waals surface area contributed by atoms with E-state index in [-0.39, 0.29) is 71.7 Å². The normalized spacial score (nSPS) is 16.3. The third-order valence-electron chi connectivity index (χ3n) is 18.1. The SMILES string of the molecule is CC(=O)C(C)OC(=O)/C=C/C(=O)O[C@@H](CNC(C)(C)C)COc1nsnc1N1CCOCC1.CC(=O)C(C)OC(=O)/C=C/C(=O)O[C@@H](CNC(C)(C)C)COc1nsnc1N1CCOCC1.CC(=O)C(C)OC(=O)/C=C\C(=O)O[C@@H](CNC(C)(C)C)COc1nsnc1N1CCOCC1.CC(=O)C(C)OC(=O)/C=C\C(=O)O[C@@H](CNC(C)(C)C)COc1nsnc1N1CCOCC1. The molecule has 0 spiro atoms. The number of nitrogens with one attached hydrogen (secondary N) is 4. The van der Waals surface area contributed by atoms with Crippen molar-refractivity contribution in [2.75, 3.05) is 177 Å². The quantitative estimate of drug-likeness (QED) is 0.0268. The van der Waals surface area contributed by atoms with Crippen LogP contribution in [0.15, 0.2) is 48.6 Å². The Hall–Kier alpha value is -10.3. The number of morpholine rings is 4. The molecule has 8 heterocycles. The van der Waals surface area contributed by atoms with Gasteiger partial charge in [0.2, 0.25) is 23.3 Å². The van der Waals surface area contributed by atoms with E-state index in [9.17, 15) is 57.5 Å². The van der Waals surface area contributed by atoms with Crippen LogP contribution in [-0.2, 0) is 114 Å². The molecule has 736 valence electrons. The first-order chi connectivity index (χ1) is 62.2. The summed E-state index contributed by atoms with van der Waals surface area (Å²) in [5, 5.41) is 13.1. The van der Waals surface area contributed by atoms with Gasteiger partial charge in [-0.15, -0.1) is 17.5 Å². The largest absolute Gasteiger partial charge is 0.470 e. The molecule has 8 rings (SSSR count). The molecule has 4 unspecified atom stereocenters. The number of esters is 8. The Kier molecular flexibility index (Phi) is 48.7. The predicted octanol–water partition coefficient (Wildman–Crippen LogP) is 4.52. The molecule has 132 heavy (non-hydrogen) atoms. The van der Waals surface area contributed by atoms with Crippen molar-refractivity contribution in [3.05, 3.63) is 48.6 Å². The second-order valence-corrected chi connectivity index (χ2v) is 36.2. The van der Waals surface area contributed by atoms with Gasteiger partial charge in [-0.25, -0.2) is 38.4 Å². The lowest BCUT2D eigenvalue weighted by Gasteiger charge is -2.27. The molecule has 4 aliphatic rings. The van der Waals surface area contributed by atoms with Crippen LogP contribution in [0.1, 0.15) is 138 Å². The van der Waals surface area contributed by atoms with Crippen LogP contribution in [0.2, 0.25) is 0 Å². The number of carbonyl (C=O) groups is 12. The number of Topliss-reactive ketones (excluding diaryl/α,β-unsaturated/α-hetero) is 4. The van der Waals surface area contributed by atoms with E-state index in [1.807, 2.05) is 103 Å². The lowest BCUT2D eigenvalue weighted by Crippen LogP contribution is -2.44. The molecule has 4 N–H and O–H groups in total. The molecule has 4 aliphatic heterocycles. The summed E-state index contributed by atoms with van der Waals surface area (Å²) < 4.78 is 120. The monoisotopic (exact) mass is 1940 g/mol. The first-order valence-electron chi connectivity index (χ1n) is 42.7. The number of anilines is 4. The minimum atomic E-state index is -0.886. The maximum atomic E-state index is 12.3. The van der Waals surface area contributed by atoms with Crippen LogP contribution < -0.4 is 59.8 Å². The summed E-state index contributed by atoms with van der Waals surface area (Å²) in [6.45, 7) is 46.7. The highest BCUT2D eigenvalue weighted by Gasteiger charge is 2.31. The van der Waals surface area contributed by atoms with Gasteiger partial charge in [0.25, 0.3) is 23.5 Å². The topological polar surface area (TPSA) is 517 Å². The molecule has 4 saturated heterocycles. The van der Waals surface area contributed by atoms with Gasteiger partial charge in [-0.1, -0.05) is 0 Å². The molecule has 4 aromatic heterocycles. The number of aromatic nitrogens is 8. The second-order valence-electron chi connectivity index (χ2n) is 34.1. The Balaban J connectivity index is 0.000000311. The van der Waals surface area contributed by atoms with Crippen molar-refractivity contribution in [2.24, 2.45) is 0 Å². The summed E-state index contributed by atoms with van der Waals surface area (Å²) in [6.07, 6.45) is 1.37. The van der Waals surface area contributed by atoms with Crippen LogP contribution in [0.3, 0.4) is 0 Å². The lowest BCUT2D eigenvalue weighted by atomic mass is 10.1. The van der Waals surface area contributed by atoms with Gasteiger partial charge in [0.05, 0.1) is 99.8 Å². The van der Waals surface area contributed by atoms with E-state index in [0.29, 0.717) is 178 Å². The van der Waals surface area contributed by atoms with Crippen molar-refractivity contribution >= 4 is 141 Å². The third-order valence-corrected chi connectivity index (χ3v) is 20.1. The Morgan fingerprint density at radius 3 is 0.598 bits per heavy atom. The number of ether oxygens (including phenoxy) is 16. The lowest BCUT2D eigenvalue weighted by molar-refractivity contribution is -0.149. The van der Waals surface area contributed by atoms with Gasteiger partial charge in [-0.2, -0.15) is 17.5 Å². The van der Waals surface area contributed by atoms with Crippen LogP contribution in [0.5, 0.6) is 23.5 Å². The van der Waals surface area contributed by atoms with Gasteiger partial charge in [0.15, 0.2) is 47.5 Å². The minimum Gasteiger partial charge on any atom is -0.470 e. The zero-order chi connectivity index (χ0) is 97.7. The van der Waals surface area contributed by atoms with E-state index in [4.69, 9.17) is 75.8 Å². The smallest absolute Gasteiger partial charge is 0.331 e. The summed E-state index contributed by atoms with van der Waals surface area (Å²) in [5.74, 6) is -3.32. The molecule has 0 amide bonds. The van der Waals surface area contributed by atoms with Crippen molar-refractivity contribution < 1.29 is 133 Å².